The first kappa shape index (κ1) is 21.9. The first-order valence-corrected chi connectivity index (χ1v) is 10.9. The molecule has 3 aromatic carbocycles. The summed E-state index contributed by atoms with van der Waals surface area (Å²) in [6, 6.07) is 17.1. The molecule has 2 aliphatic rings. The predicted molar refractivity (Wildman–Crippen MR) is 127 cm³/mol. The molecule has 0 saturated carbocycles. The van der Waals surface area contributed by atoms with Gasteiger partial charge in [0.15, 0.2) is 17.3 Å². The van der Waals surface area contributed by atoms with Gasteiger partial charge in [0.2, 0.25) is 11.5 Å². The molecule has 0 atom stereocenters. The van der Waals surface area contributed by atoms with Gasteiger partial charge in [-0.15, -0.1) is 0 Å². The number of ether oxygens (including phenoxy) is 5. The van der Waals surface area contributed by atoms with Crippen LogP contribution in [0.15, 0.2) is 60.4 Å². The van der Waals surface area contributed by atoms with Gasteiger partial charge in [-0.05, 0) is 41.5 Å². The minimum Gasteiger partial charge on any atom is -0.493 e. The van der Waals surface area contributed by atoms with Gasteiger partial charge in [0.25, 0.3) is 0 Å². The molecule has 2 heterocycles. The fourth-order valence-electron chi connectivity index (χ4n) is 4.29. The van der Waals surface area contributed by atoms with E-state index in [2.05, 4.69) is 4.90 Å². The average molecular weight is 459 g/mol. The maximum Gasteiger partial charge on any atom is 0.231 e. The van der Waals surface area contributed by atoms with Crippen LogP contribution in [-0.4, -0.2) is 38.7 Å². The summed E-state index contributed by atoms with van der Waals surface area (Å²) in [6.07, 6.45) is 1.77. The van der Waals surface area contributed by atoms with Crippen molar-refractivity contribution in [3.8, 4) is 28.7 Å². The van der Waals surface area contributed by atoms with E-state index >= 15 is 0 Å². The fourth-order valence-corrected chi connectivity index (χ4v) is 4.29. The van der Waals surface area contributed by atoms with E-state index < -0.39 is 0 Å². The monoisotopic (exact) mass is 459 g/mol. The summed E-state index contributed by atoms with van der Waals surface area (Å²) in [4.78, 5) is 15.1. The number of hydrogen-bond donors (Lipinski definition) is 0. The largest absolute Gasteiger partial charge is 0.493 e. The van der Waals surface area contributed by atoms with Gasteiger partial charge in [-0.2, -0.15) is 0 Å². The summed E-state index contributed by atoms with van der Waals surface area (Å²) >= 11 is 0. The third kappa shape index (κ3) is 3.95. The zero-order valence-electron chi connectivity index (χ0n) is 19.3. The Kier molecular flexibility index (Phi) is 5.86. The summed E-state index contributed by atoms with van der Waals surface area (Å²) in [5.74, 6) is 3.24. The highest BCUT2D eigenvalue weighted by Gasteiger charge is 2.33. The van der Waals surface area contributed by atoms with Gasteiger partial charge in [0, 0.05) is 13.1 Å². The number of Topliss-reactive ketones (excluding diaryl/α,β-unsaturated/α-hetero) is 1. The lowest BCUT2D eigenvalue weighted by Crippen LogP contribution is -2.31. The second kappa shape index (κ2) is 9.11. The minimum atomic E-state index is -0.122. The number of fused-ring (bicyclic) bond motifs is 3. The molecular formula is C27H25NO6. The van der Waals surface area contributed by atoms with Crippen molar-refractivity contribution >= 4 is 11.9 Å². The van der Waals surface area contributed by atoms with Crippen molar-refractivity contribution in [1.82, 2.24) is 4.90 Å². The van der Waals surface area contributed by atoms with Crippen molar-refractivity contribution in [3.63, 3.8) is 0 Å². The van der Waals surface area contributed by atoms with Crippen LogP contribution < -0.4 is 23.7 Å². The zero-order chi connectivity index (χ0) is 23.7. The highest BCUT2D eigenvalue weighted by atomic mass is 16.5. The molecule has 7 nitrogen and oxygen atoms in total. The van der Waals surface area contributed by atoms with E-state index in [1.807, 2.05) is 48.5 Å². The standard InChI is InChI=1S/C27H25NO6/c1-30-23-12-18(13-24(31-2)27(23)32-3)14-28-15-20-21(33-16-28)10-9-19-25(29)22(34-26(19)20)11-17-7-5-4-6-8-17/h4-13H,14-16H2,1-3H3. The van der Waals surface area contributed by atoms with Crippen LogP contribution in [0, 0.1) is 0 Å². The van der Waals surface area contributed by atoms with E-state index in [1.165, 1.54) is 0 Å². The lowest BCUT2D eigenvalue weighted by atomic mass is 10.0. The normalized spacial score (nSPS) is 15.9. The number of methoxy groups -OCH3 is 3. The SMILES string of the molecule is COc1cc(CN2COc3ccc4c(c3C2)OC(=Cc2ccccc2)C4=O)cc(OC)c1OC. The van der Waals surface area contributed by atoms with Gasteiger partial charge in [0.05, 0.1) is 32.5 Å². The van der Waals surface area contributed by atoms with Gasteiger partial charge in [-0.1, -0.05) is 30.3 Å². The van der Waals surface area contributed by atoms with Crippen LogP contribution in [0.2, 0.25) is 0 Å². The topological polar surface area (TPSA) is 66.5 Å². The molecule has 0 fully saturated rings. The second-order valence-corrected chi connectivity index (χ2v) is 8.06. The van der Waals surface area contributed by atoms with Crippen molar-refractivity contribution in [1.29, 1.82) is 0 Å². The van der Waals surface area contributed by atoms with Crippen molar-refractivity contribution in [3.05, 3.63) is 82.6 Å². The van der Waals surface area contributed by atoms with Gasteiger partial charge in [-0.3, -0.25) is 9.69 Å². The molecular weight excluding hydrogens is 434 g/mol. The molecule has 3 aromatic rings. The fraction of sp³-hybridized carbons (Fsp3) is 0.222. The molecule has 174 valence electrons. The molecule has 5 rings (SSSR count). The van der Waals surface area contributed by atoms with Gasteiger partial charge < -0.3 is 23.7 Å². The number of benzene rings is 3. The van der Waals surface area contributed by atoms with Gasteiger partial charge in [0.1, 0.15) is 18.2 Å². The van der Waals surface area contributed by atoms with E-state index in [4.69, 9.17) is 23.7 Å². The lowest BCUT2D eigenvalue weighted by Gasteiger charge is -2.30. The molecule has 0 saturated heterocycles. The Morgan fingerprint density at radius 3 is 2.38 bits per heavy atom. The summed E-state index contributed by atoms with van der Waals surface area (Å²) in [5, 5.41) is 0. The first-order chi connectivity index (χ1) is 16.6. The number of hydrogen-bond acceptors (Lipinski definition) is 7. The average Bonchev–Trinajstić information content (AvgIpc) is 3.19. The maximum atomic E-state index is 13.0. The van der Waals surface area contributed by atoms with Crippen LogP contribution in [0.25, 0.3) is 6.08 Å². The molecule has 7 heteroatoms. The molecule has 0 aliphatic carbocycles. The number of allylic oxidation sites excluding steroid dienone is 1. The summed E-state index contributed by atoms with van der Waals surface area (Å²) in [7, 11) is 4.77. The molecule has 0 bridgehead atoms. The molecule has 0 aromatic heterocycles. The predicted octanol–water partition coefficient (Wildman–Crippen LogP) is 4.68. The Bertz CT molecular complexity index is 1240. The number of carbonyl (C=O) groups excluding carboxylic acids is 1. The van der Waals surface area contributed by atoms with Gasteiger partial charge in [-0.25, -0.2) is 0 Å². The van der Waals surface area contributed by atoms with E-state index in [0.717, 1.165) is 22.4 Å². The highest BCUT2D eigenvalue weighted by Crippen LogP contribution is 2.43. The van der Waals surface area contributed by atoms with E-state index in [1.54, 1.807) is 33.5 Å². The minimum absolute atomic E-state index is 0.122. The summed E-state index contributed by atoms with van der Waals surface area (Å²) < 4.78 is 28.5. The van der Waals surface area contributed by atoms with Crippen LogP contribution in [0.3, 0.4) is 0 Å². The Hall–Kier alpha value is -3.97. The third-order valence-corrected chi connectivity index (χ3v) is 5.91. The molecule has 0 N–H and O–H groups in total. The van der Waals surface area contributed by atoms with Crippen LogP contribution in [0.4, 0.5) is 0 Å². The van der Waals surface area contributed by atoms with Crippen LogP contribution in [0.5, 0.6) is 28.7 Å². The van der Waals surface area contributed by atoms with E-state index in [-0.39, 0.29) is 5.78 Å². The van der Waals surface area contributed by atoms with Crippen LogP contribution in [-0.2, 0) is 13.1 Å². The number of ketones is 1. The second-order valence-electron chi connectivity index (χ2n) is 8.06. The van der Waals surface area contributed by atoms with Crippen molar-refractivity contribution in [2.24, 2.45) is 0 Å². The Morgan fingerprint density at radius 2 is 1.71 bits per heavy atom. The molecule has 2 aliphatic heterocycles. The van der Waals surface area contributed by atoms with E-state index in [9.17, 15) is 4.79 Å². The highest BCUT2D eigenvalue weighted by molar-refractivity contribution is 6.15. The van der Waals surface area contributed by atoms with Crippen LogP contribution in [0.1, 0.15) is 27.0 Å². The van der Waals surface area contributed by atoms with Gasteiger partial charge >= 0.3 is 0 Å². The first-order valence-electron chi connectivity index (χ1n) is 10.9. The lowest BCUT2D eigenvalue weighted by molar-refractivity contribution is 0.0871. The number of rotatable bonds is 6. The Morgan fingerprint density at radius 1 is 0.971 bits per heavy atom. The zero-order valence-corrected chi connectivity index (χ0v) is 19.3. The number of nitrogens with zero attached hydrogens (tertiary/aromatic N) is 1. The molecule has 34 heavy (non-hydrogen) atoms. The van der Waals surface area contributed by atoms with Crippen molar-refractivity contribution < 1.29 is 28.5 Å². The molecule has 0 amide bonds. The number of carbonyl (C=O) groups is 1. The Labute approximate surface area is 198 Å². The third-order valence-electron chi connectivity index (χ3n) is 5.91. The quantitative estimate of drug-likeness (QED) is 0.496. The molecule has 0 spiro atoms. The van der Waals surface area contributed by atoms with Crippen molar-refractivity contribution in [2.75, 3.05) is 28.1 Å². The Balaban J connectivity index is 1.41. The maximum absolute atomic E-state index is 13.0. The van der Waals surface area contributed by atoms with Crippen molar-refractivity contribution in [2.45, 2.75) is 13.1 Å². The molecule has 0 radical (unpaired) electrons. The smallest absolute Gasteiger partial charge is 0.231 e. The van der Waals surface area contributed by atoms with Crippen LogP contribution >= 0.6 is 0 Å². The summed E-state index contributed by atoms with van der Waals surface area (Å²) in [6.45, 7) is 1.56. The summed E-state index contributed by atoms with van der Waals surface area (Å²) in [5.41, 5.74) is 3.31. The molecule has 0 unspecified atom stereocenters. The van der Waals surface area contributed by atoms with E-state index in [0.29, 0.717) is 54.1 Å².